The van der Waals surface area contributed by atoms with Gasteiger partial charge in [0.25, 0.3) is 0 Å². The third kappa shape index (κ3) is 2.49. The summed E-state index contributed by atoms with van der Waals surface area (Å²) in [6.45, 7) is 8.87. The van der Waals surface area contributed by atoms with Gasteiger partial charge in [0, 0.05) is 0 Å². The van der Waals surface area contributed by atoms with Gasteiger partial charge in [0.15, 0.2) is 0 Å². The standard InChI is InChI=1S/C14H22O4/c1-7-8(2)13(18)11(9(3)12(7)17)14(4,5)6-10(15)16/h12-13,17-18H,6H2,1-5H3,(H,15,16). The number of hydrogen-bond acceptors (Lipinski definition) is 3. The van der Waals surface area contributed by atoms with Crippen LogP contribution in [0.1, 0.15) is 41.0 Å². The van der Waals surface area contributed by atoms with Crippen LogP contribution in [0.15, 0.2) is 22.3 Å². The Kier molecular flexibility index (Phi) is 4.03. The molecule has 2 atom stereocenters. The first-order valence-corrected chi connectivity index (χ1v) is 6.06. The van der Waals surface area contributed by atoms with Crippen LogP contribution in [-0.4, -0.2) is 33.5 Å². The third-order valence-electron chi connectivity index (χ3n) is 3.87. The minimum absolute atomic E-state index is 0.0736. The Hall–Kier alpha value is -1.13. The first kappa shape index (κ1) is 14.9. The summed E-state index contributed by atoms with van der Waals surface area (Å²) >= 11 is 0. The van der Waals surface area contributed by atoms with E-state index < -0.39 is 23.6 Å². The zero-order valence-electron chi connectivity index (χ0n) is 11.6. The second kappa shape index (κ2) is 4.86. The minimum atomic E-state index is -0.911. The Bertz CT molecular complexity index is 429. The number of aliphatic hydroxyl groups is 2. The number of carbonyl (C=O) groups is 1. The molecule has 0 saturated heterocycles. The van der Waals surface area contributed by atoms with Crippen molar-refractivity contribution >= 4 is 5.97 Å². The van der Waals surface area contributed by atoms with E-state index in [0.29, 0.717) is 16.7 Å². The van der Waals surface area contributed by atoms with Crippen LogP contribution >= 0.6 is 0 Å². The molecule has 2 unspecified atom stereocenters. The minimum Gasteiger partial charge on any atom is -0.481 e. The highest BCUT2D eigenvalue weighted by Crippen LogP contribution is 2.42. The van der Waals surface area contributed by atoms with E-state index in [1.807, 2.05) is 0 Å². The van der Waals surface area contributed by atoms with Crippen molar-refractivity contribution in [1.29, 1.82) is 0 Å². The summed E-state index contributed by atoms with van der Waals surface area (Å²) < 4.78 is 0. The van der Waals surface area contributed by atoms with E-state index in [0.717, 1.165) is 5.57 Å². The van der Waals surface area contributed by atoms with Crippen LogP contribution in [0.4, 0.5) is 0 Å². The Labute approximate surface area is 108 Å². The maximum absolute atomic E-state index is 10.9. The van der Waals surface area contributed by atoms with Crippen molar-refractivity contribution in [3.8, 4) is 0 Å². The van der Waals surface area contributed by atoms with E-state index in [1.165, 1.54) is 0 Å². The zero-order chi connectivity index (χ0) is 14.2. The first-order chi connectivity index (χ1) is 8.09. The molecule has 0 radical (unpaired) electrons. The molecule has 1 rings (SSSR count). The van der Waals surface area contributed by atoms with Crippen LogP contribution < -0.4 is 0 Å². The van der Waals surface area contributed by atoms with Gasteiger partial charge < -0.3 is 15.3 Å². The van der Waals surface area contributed by atoms with Crippen molar-refractivity contribution < 1.29 is 20.1 Å². The predicted molar refractivity (Wildman–Crippen MR) is 69.1 cm³/mol. The van der Waals surface area contributed by atoms with Crippen molar-refractivity contribution in [3.05, 3.63) is 22.3 Å². The Morgan fingerprint density at radius 1 is 1.06 bits per heavy atom. The van der Waals surface area contributed by atoms with Gasteiger partial charge in [-0.2, -0.15) is 0 Å². The van der Waals surface area contributed by atoms with Gasteiger partial charge in [-0.25, -0.2) is 0 Å². The van der Waals surface area contributed by atoms with Gasteiger partial charge in [0.1, 0.15) is 0 Å². The van der Waals surface area contributed by atoms with Gasteiger partial charge in [-0.3, -0.25) is 4.79 Å². The maximum Gasteiger partial charge on any atom is 0.304 e. The number of carboxylic acid groups (broad SMARTS) is 1. The zero-order valence-corrected chi connectivity index (χ0v) is 11.6. The highest BCUT2D eigenvalue weighted by molar-refractivity contribution is 5.68. The number of carboxylic acids is 1. The van der Waals surface area contributed by atoms with Gasteiger partial charge in [-0.1, -0.05) is 13.8 Å². The summed E-state index contributed by atoms with van der Waals surface area (Å²) in [6, 6.07) is 0. The first-order valence-electron chi connectivity index (χ1n) is 6.06. The monoisotopic (exact) mass is 254 g/mol. The molecule has 1 aliphatic rings. The molecule has 0 aliphatic heterocycles. The lowest BCUT2D eigenvalue weighted by Gasteiger charge is -2.38. The molecule has 4 heteroatoms. The van der Waals surface area contributed by atoms with Crippen LogP contribution in [0, 0.1) is 5.41 Å². The smallest absolute Gasteiger partial charge is 0.304 e. The van der Waals surface area contributed by atoms with Gasteiger partial charge in [0.05, 0.1) is 18.6 Å². The van der Waals surface area contributed by atoms with E-state index in [4.69, 9.17) is 5.11 Å². The molecule has 3 N–H and O–H groups in total. The van der Waals surface area contributed by atoms with E-state index in [-0.39, 0.29) is 6.42 Å². The lowest BCUT2D eigenvalue weighted by molar-refractivity contribution is -0.138. The molecule has 102 valence electrons. The second-order valence-corrected chi connectivity index (χ2v) is 5.72. The summed E-state index contributed by atoms with van der Waals surface area (Å²) in [5.41, 5.74) is 2.06. The number of aliphatic hydroxyl groups excluding tert-OH is 2. The van der Waals surface area contributed by atoms with Gasteiger partial charge in [-0.15, -0.1) is 0 Å². The average molecular weight is 254 g/mol. The normalized spacial score (nSPS) is 25.7. The van der Waals surface area contributed by atoms with E-state index in [2.05, 4.69) is 0 Å². The summed E-state index contributed by atoms with van der Waals surface area (Å²) in [5.74, 6) is -0.911. The van der Waals surface area contributed by atoms with Gasteiger partial charge in [-0.05, 0) is 48.5 Å². The second-order valence-electron chi connectivity index (χ2n) is 5.72. The quantitative estimate of drug-likeness (QED) is 0.672. The van der Waals surface area contributed by atoms with Crippen LogP contribution in [0.25, 0.3) is 0 Å². The molecule has 18 heavy (non-hydrogen) atoms. The molecule has 0 fully saturated rings. The van der Waals surface area contributed by atoms with Crippen molar-refractivity contribution in [2.75, 3.05) is 0 Å². The summed E-state index contributed by atoms with van der Waals surface area (Å²) in [4.78, 5) is 10.9. The van der Waals surface area contributed by atoms with Gasteiger partial charge >= 0.3 is 5.97 Å². The summed E-state index contributed by atoms with van der Waals surface area (Å²) in [5, 5.41) is 29.4. The molecule has 0 saturated carbocycles. The molecular weight excluding hydrogens is 232 g/mol. The molecule has 1 aliphatic carbocycles. The molecule has 0 aromatic heterocycles. The average Bonchev–Trinajstić information content (AvgIpc) is 2.21. The fourth-order valence-corrected chi connectivity index (χ4v) is 2.71. The Balaban J connectivity index is 3.26. The fourth-order valence-electron chi connectivity index (χ4n) is 2.71. The number of hydrogen-bond donors (Lipinski definition) is 3. The van der Waals surface area contributed by atoms with Crippen LogP contribution in [0.2, 0.25) is 0 Å². The Morgan fingerprint density at radius 2 is 1.50 bits per heavy atom. The summed E-state index contributed by atoms with van der Waals surface area (Å²) in [7, 11) is 0. The summed E-state index contributed by atoms with van der Waals surface area (Å²) in [6.07, 6.45) is -1.60. The fraction of sp³-hybridized carbons (Fsp3) is 0.643. The van der Waals surface area contributed by atoms with E-state index >= 15 is 0 Å². The number of aliphatic carboxylic acids is 1. The molecule has 0 aromatic rings. The van der Waals surface area contributed by atoms with Crippen molar-refractivity contribution in [2.24, 2.45) is 5.41 Å². The maximum atomic E-state index is 10.9. The van der Waals surface area contributed by atoms with Gasteiger partial charge in [0.2, 0.25) is 0 Å². The third-order valence-corrected chi connectivity index (χ3v) is 3.87. The molecule has 4 nitrogen and oxygen atoms in total. The van der Waals surface area contributed by atoms with Crippen molar-refractivity contribution in [3.63, 3.8) is 0 Å². The van der Waals surface area contributed by atoms with Crippen LogP contribution in [0.5, 0.6) is 0 Å². The van der Waals surface area contributed by atoms with Crippen LogP contribution in [0.3, 0.4) is 0 Å². The largest absolute Gasteiger partial charge is 0.481 e. The lowest BCUT2D eigenvalue weighted by Crippen LogP contribution is -2.35. The Morgan fingerprint density at radius 3 is 1.94 bits per heavy atom. The topological polar surface area (TPSA) is 77.8 Å². The van der Waals surface area contributed by atoms with E-state index in [9.17, 15) is 15.0 Å². The molecule has 0 aromatic carbocycles. The van der Waals surface area contributed by atoms with Crippen molar-refractivity contribution in [2.45, 2.75) is 53.2 Å². The molecule has 0 bridgehead atoms. The number of rotatable bonds is 3. The molecular formula is C14H22O4. The highest BCUT2D eigenvalue weighted by Gasteiger charge is 2.38. The SMILES string of the molecule is CC1=C(C)C(O)C(C(C)(C)CC(=O)O)=C(C)C1O. The van der Waals surface area contributed by atoms with Crippen LogP contribution in [-0.2, 0) is 4.79 Å². The lowest BCUT2D eigenvalue weighted by atomic mass is 9.70. The van der Waals surface area contributed by atoms with E-state index in [1.54, 1.807) is 34.6 Å². The molecule has 0 heterocycles. The predicted octanol–water partition coefficient (Wildman–Crippen LogP) is 1.88. The van der Waals surface area contributed by atoms with Crippen molar-refractivity contribution in [1.82, 2.24) is 0 Å². The molecule has 0 spiro atoms. The molecule has 0 amide bonds. The highest BCUT2D eigenvalue weighted by atomic mass is 16.4.